The molecule has 1 N–H and O–H groups in total. The molecule has 2 heterocycles. The van der Waals surface area contributed by atoms with Crippen LogP contribution in [-0.4, -0.2) is 49.2 Å². The molecule has 0 spiro atoms. The van der Waals surface area contributed by atoms with Gasteiger partial charge in [-0.15, -0.1) is 5.10 Å². The fourth-order valence-electron chi connectivity index (χ4n) is 2.33. The molecule has 110 valence electrons. The monoisotopic (exact) mass is 303 g/mol. The van der Waals surface area contributed by atoms with Crippen LogP contribution in [0.3, 0.4) is 0 Å². The minimum Gasteiger partial charge on any atom is -0.343 e. The van der Waals surface area contributed by atoms with Gasteiger partial charge >= 0.3 is 0 Å². The van der Waals surface area contributed by atoms with E-state index in [1.807, 2.05) is 47.4 Å². The quantitative estimate of drug-likeness (QED) is 0.734. The van der Waals surface area contributed by atoms with Crippen LogP contribution in [0, 0.1) is 0 Å². The Bertz CT molecular complexity index is 774. The van der Waals surface area contributed by atoms with E-state index >= 15 is 0 Å². The van der Waals surface area contributed by atoms with Crippen LogP contribution in [0.25, 0.3) is 16.8 Å². The van der Waals surface area contributed by atoms with Crippen molar-refractivity contribution in [2.75, 3.05) is 18.8 Å². The Kier molecular flexibility index (Phi) is 3.83. The van der Waals surface area contributed by atoms with Gasteiger partial charge in [0, 0.05) is 13.1 Å². The summed E-state index contributed by atoms with van der Waals surface area (Å²) in [6, 6.07) is 7.89. The Hall–Kier alpha value is -2.02. The summed E-state index contributed by atoms with van der Waals surface area (Å²) in [5, 5.41) is 7.93. The molecule has 0 aliphatic heterocycles. The number of rotatable bonds is 5. The number of hydrogen-bond donors (Lipinski definition) is 1. The van der Waals surface area contributed by atoms with Crippen LogP contribution >= 0.6 is 11.8 Å². The lowest BCUT2D eigenvalue weighted by Gasteiger charge is -2.17. The third-order valence-corrected chi connectivity index (χ3v) is 4.37. The van der Waals surface area contributed by atoms with Crippen molar-refractivity contribution in [2.24, 2.45) is 0 Å². The number of aromatic amines is 1. The number of hydrogen-bond acceptors (Lipinski definition) is 4. The SMILES string of the molecule is CCN(CC)C(=O)CSc1n[nH]c2nc3ccccc3n12. The highest BCUT2D eigenvalue weighted by molar-refractivity contribution is 7.99. The van der Waals surface area contributed by atoms with Crippen molar-refractivity contribution in [3.63, 3.8) is 0 Å². The van der Waals surface area contributed by atoms with Crippen molar-refractivity contribution in [1.82, 2.24) is 24.5 Å². The number of benzene rings is 1. The number of H-pyrrole nitrogens is 1. The third-order valence-electron chi connectivity index (χ3n) is 3.44. The zero-order valence-corrected chi connectivity index (χ0v) is 12.9. The second kappa shape index (κ2) is 5.77. The first kappa shape index (κ1) is 13.9. The van der Waals surface area contributed by atoms with Crippen LogP contribution in [0.5, 0.6) is 0 Å². The standard InChI is InChI=1S/C14H17N5OS/c1-3-18(4-2)12(20)9-21-14-17-16-13-15-10-7-5-6-8-11(10)19(13)14/h5-8H,3-4,9H2,1-2H3,(H,15,16). The van der Waals surface area contributed by atoms with E-state index in [1.165, 1.54) is 11.8 Å². The molecule has 0 bridgehead atoms. The molecule has 2 aromatic heterocycles. The molecule has 0 radical (unpaired) electrons. The molecule has 0 saturated heterocycles. The number of aromatic nitrogens is 4. The first-order valence-corrected chi connectivity index (χ1v) is 7.95. The summed E-state index contributed by atoms with van der Waals surface area (Å²) < 4.78 is 1.95. The molecule has 0 saturated carbocycles. The molecular formula is C14H17N5OS. The summed E-state index contributed by atoms with van der Waals surface area (Å²) in [5.41, 5.74) is 1.92. The Balaban J connectivity index is 1.86. The van der Waals surface area contributed by atoms with Crippen molar-refractivity contribution >= 4 is 34.5 Å². The van der Waals surface area contributed by atoms with Gasteiger partial charge in [-0.1, -0.05) is 23.9 Å². The van der Waals surface area contributed by atoms with Crippen LogP contribution in [0.15, 0.2) is 29.4 Å². The summed E-state index contributed by atoms with van der Waals surface area (Å²) in [4.78, 5) is 18.4. The minimum atomic E-state index is 0.130. The molecular weight excluding hydrogens is 286 g/mol. The Morgan fingerprint density at radius 2 is 2.10 bits per heavy atom. The number of imidazole rings is 1. The summed E-state index contributed by atoms with van der Waals surface area (Å²) in [5.74, 6) is 1.22. The van der Waals surface area contributed by atoms with Crippen molar-refractivity contribution in [3.05, 3.63) is 24.3 Å². The summed E-state index contributed by atoms with van der Waals surface area (Å²) in [7, 11) is 0. The van der Waals surface area contributed by atoms with Crippen molar-refractivity contribution in [3.8, 4) is 0 Å². The molecule has 1 aromatic carbocycles. The lowest BCUT2D eigenvalue weighted by Crippen LogP contribution is -2.31. The summed E-state index contributed by atoms with van der Waals surface area (Å²) in [6.45, 7) is 5.45. The fraction of sp³-hybridized carbons (Fsp3) is 0.357. The van der Waals surface area contributed by atoms with Gasteiger partial charge in [-0.05, 0) is 26.0 Å². The van der Waals surface area contributed by atoms with Gasteiger partial charge in [-0.2, -0.15) is 0 Å². The summed E-state index contributed by atoms with van der Waals surface area (Å²) >= 11 is 1.43. The van der Waals surface area contributed by atoms with Gasteiger partial charge in [0.1, 0.15) is 0 Å². The van der Waals surface area contributed by atoms with Crippen LogP contribution in [0.4, 0.5) is 0 Å². The van der Waals surface area contributed by atoms with E-state index in [0.29, 0.717) is 11.5 Å². The van der Waals surface area contributed by atoms with Crippen molar-refractivity contribution in [1.29, 1.82) is 0 Å². The molecule has 0 aliphatic carbocycles. The minimum absolute atomic E-state index is 0.130. The first-order chi connectivity index (χ1) is 10.2. The molecule has 1 amide bonds. The summed E-state index contributed by atoms with van der Waals surface area (Å²) in [6.07, 6.45) is 0. The number of amides is 1. The van der Waals surface area contributed by atoms with E-state index in [1.54, 1.807) is 0 Å². The molecule has 0 atom stereocenters. The van der Waals surface area contributed by atoms with Gasteiger partial charge in [-0.25, -0.2) is 10.1 Å². The van der Waals surface area contributed by atoms with E-state index in [4.69, 9.17) is 0 Å². The lowest BCUT2D eigenvalue weighted by atomic mass is 10.3. The average Bonchev–Trinajstić information content (AvgIpc) is 3.05. The second-order valence-electron chi connectivity index (χ2n) is 4.62. The Labute approximate surface area is 126 Å². The molecule has 21 heavy (non-hydrogen) atoms. The van der Waals surface area contributed by atoms with Crippen LogP contribution in [-0.2, 0) is 4.79 Å². The topological polar surface area (TPSA) is 66.3 Å². The van der Waals surface area contributed by atoms with E-state index < -0.39 is 0 Å². The maximum absolute atomic E-state index is 12.1. The predicted molar refractivity (Wildman–Crippen MR) is 83.5 cm³/mol. The second-order valence-corrected chi connectivity index (χ2v) is 5.56. The van der Waals surface area contributed by atoms with E-state index in [-0.39, 0.29) is 5.91 Å². The fourth-order valence-corrected chi connectivity index (χ4v) is 3.19. The highest BCUT2D eigenvalue weighted by Crippen LogP contribution is 2.22. The van der Waals surface area contributed by atoms with Crippen LogP contribution < -0.4 is 0 Å². The maximum atomic E-state index is 12.1. The smallest absolute Gasteiger partial charge is 0.233 e. The predicted octanol–water partition coefficient (Wildman–Crippen LogP) is 2.17. The first-order valence-electron chi connectivity index (χ1n) is 6.96. The number of nitrogens with one attached hydrogen (secondary N) is 1. The van der Waals surface area contributed by atoms with Gasteiger partial charge < -0.3 is 4.90 Å². The van der Waals surface area contributed by atoms with E-state index in [0.717, 1.165) is 29.3 Å². The molecule has 0 fully saturated rings. The number of para-hydroxylation sites is 2. The van der Waals surface area contributed by atoms with Gasteiger partial charge in [0.25, 0.3) is 0 Å². The highest BCUT2D eigenvalue weighted by Gasteiger charge is 2.15. The van der Waals surface area contributed by atoms with Crippen LogP contribution in [0.2, 0.25) is 0 Å². The number of carbonyl (C=O) groups excluding carboxylic acids is 1. The maximum Gasteiger partial charge on any atom is 0.233 e. The van der Waals surface area contributed by atoms with Crippen LogP contribution in [0.1, 0.15) is 13.8 Å². The third kappa shape index (κ3) is 2.49. The molecule has 0 aliphatic rings. The molecule has 3 aromatic rings. The van der Waals surface area contributed by atoms with Gasteiger partial charge in [-0.3, -0.25) is 9.20 Å². The molecule has 0 unspecified atom stereocenters. The lowest BCUT2D eigenvalue weighted by molar-refractivity contribution is -0.127. The van der Waals surface area contributed by atoms with Gasteiger partial charge in [0.2, 0.25) is 11.7 Å². The largest absolute Gasteiger partial charge is 0.343 e. The van der Waals surface area contributed by atoms with E-state index in [9.17, 15) is 4.79 Å². The van der Waals surface area contributed by atoms with Gasteiger partial charge in [0.15, 0.2) is 5.16 Å². The molecule has 6 nitrogen and oxygen atoms in total. The Morgan fingerprint density at radius 3 is 2.86 bits per heavy atom. The Morgan fingerprint density at radius 1 is 1.33 bits per heavy atom. The van der Waals surface area contributed by atoms with Crippen molar-refractivity contribution in [2.45, 2.75) is 19.0 Å². The normalized spacial score (nSPS) is 11.3. The number of fused-ring (bicyclic) bond motifs is 3. The highest BCUT2D eigenvalue weighted by atomic mass is 32.2. The number of nitrogens with zero attached hydrogens (tertiary/aromatic N) is 4. The number of thioether (sulfide) groups is 1. The van der Waals surface area contributed by atoms with E-state index in [2.05, 4.69) is 15.2 Å². The number of carbonyl (C=O) groups is 1. The zero-order valence-electron chi connectivity index (χ0n) is 12.0. The molecule has 7 heteroatoms. The average molecular weight is 303 g/mol. The zero-order chi connectivity index (χ0) is 14.8. The molecule has 3 rings (SSSR count). The van der Waals surface area contributed by atoms with Crippen molar-refractivity contribution < 1.29 is 4.79 Å². The van der Waals surface area contributed by atoms with Gasteiger partial charge in [0.05, 0.1) is 16.8 Å².